The van der Waals surface area contributed by atoms with Gasteiger partial charge in [0.1, 0.15) is 0 Å². The lowest BCUT2D eigenvalue weighted by Crippen LogP contribution is -2.05. The van der Waals surface area contributed by atoms with E-state index < -0.39 is 0 Å². The minimum Gasteiger partial charge on any atom is -0.316 e. The summed E-state index contributed by atoms with van der Waals surface area (Å²) in [6.07, 6.45) is 5.25. The van der Waals surface area contributed by atoms with Crippen molar-refractivity contribution in [3.05, 3.63) is 119 Å². The van der Waals surface area contributed by atoms with Gasteiger partial charge in [0.2, 0.25) is 0 Å². The van der Waals surface area contributed by atoms with Crippen molar-refractivity contribution in [3.8, 4) is 0 Å². The number of aryl methyl sites for hydroxylation is 2. The molecule has 0 aliphatic carbocycles. The molecule has 3 aromatic rings. The number of benzene rings is 3. The lowest BCUT2D eigenvalue weighted by molar-refractivity contribution is 0.806. The number of nitrogens with one attached hydrogen (secondary N) is 1. The zero-order chi connectivity index (χ0) is 23.9. The fraction of sp³-hybridized carbons (Fsp3) is 0.323. The number of hydrogen-bond donors (Lipinski definition) is 1. The standard InChI is InChI=1S/C16H23N.C15H17N/c1-5-14(3)17-15(4)9-7-11-16-10-6-8-13(2)12-16;1-16-12-15-9-5-8-14(11-15)10-13-6-3-2-4-7-13/h6,8,10,12H,4-5,7,9,11H2,1-3H3;2-9,11,16H,10,12H2,1H3. The van der Waals surface area contributed by atoms with Crippen LogP contribution in [0.25, 0.3) is 0 Å². The molecule has 0 fully saturated rings. The van der Waals surface area contributed by atoms with Crippen molar-refractivity contribution in [1.29, 1.82) is 0 Å². The summed E-state index contributed by atoms with van der Waals surface area (Å²) >= 11 is 0. The van der Waals surface area contributed by atoms with Crippen molar-refractivity contribution in [2.75, 3.05) is 7.05 Å². The summed E-state index contributed by atoms with van der Waals surface area (Å²) in [5.74, 6) is 0. The van der Waals surface area contributed by atoms with Crippen molar-refractivity contribution >= 4 is 5.71 Å². The van der Waals surface area contributed by atoms with Gasteiger partial charge in [0, 0.05) is 18.0 Å². The van der Waals surface area contributed by atoms with Gasteiger partial charge in [0.15, 0.2) is 0 Å². The first-order valence-electron chi connectivity index (χ1n) is 12.0. The summed E-state index contributed by atoms with van der Waals surface area (Å²) < 4.78 is 0. The summed E-state index contributed by atoms with van der Waals surface area (Å²) in [5, 5.41) is 3.18. The molecule has 0 spiro atoms. The number of rotatable bonds is 10. The first kappa shape index (κ1) is 26.3. The van der Waals surface area contributed by atoms with Crippen LogP contribution in [-0.4, -0.2) is 12.8 Å². The quantitative estimate of drug-likeness (QED) is 0.321. The molecule has 0 aliphatic heterocycles. The Bertz CT molecular complexity index is 1000. The Morgan fingerprint density at radius 1 is 0.848 bits per heavy atom. The minimum atomic E-state index is 0.933. The van der Waals surface area contributed by atoms with E-state index in [1.165, 1.54) is 33.5 Å². The third-order valence-corrected chi connectivity index (χ3v) is 5.50. The van der Waals surface area contributed by atoms with Gasteiger partial charge in [-0.15, -0.1) is 0 Å². The van der Waals surface area contributed by atoms with Crippen LogP contribution in [0.1, 0.15) is 60.9 Å². The van der Waals surface area contributed by atoms with Gasteiger partial charge in [-0.25, -0.2) is 0 Å². The van der Waals surface area contributed by atoms with Crippen LogP contribution in [-0.2, 0) is 19.4 Å². The molecule has 2 nitrogen and oxygen atoms in total. The van der Waals surface area contributed by atoms with Crippen molar-refractivity contribution in [2.24, 2.45) is 4.99 Å². The second-order valence-electron chi connectivity index (χ2n) is 8.62. The maximum absolute atomic E-state index is 4.47. The second-order valence-corrected chi connectivity index (χ2v) is 8.62. The predicted octanol–water partition coefficient (Wildman–Crippen LogP) is 7.70. The largest absolute Gasteiger partial charge is 0.316 e. The topological polar surface area (TPSA) is 24.4 Å². The molecule has 174 valence electrons. The van der Waals surface area contributed by atoms with Gasteiger partial charge in [-0.2, -0.15) is 0 Å². The van der Waals surface area contributed by atoms with E-state index in [1.807, 2.05) is 7.05 Å². The molecule has 0 bridgehead atoms. The fourth-order valence-corrected chi connectivity index (χ4v) is 3.65. The van der Waals surface area contributed by atoms with Gasteiger partial charge in [0.25, 0.3) is 0 Å². The molecule has 1 N–H and O–H groups in total. The van der Waals surface area contributed by atoms with Crippen molar-refractivity contribution in [2.45, 2.75) is 59.4 Å². The normalized spacial score (nSPS) is 11.0. The van der Waals surface area contributed by atoms with Crippen LogP contribution in [0.5, 0.6) is 0 Å². The molecular weight excluding hydrogens is 400 g/mol. The zero-order valence-electron chi connectivity index (χ0n) is 20.9. The van der Waals surface area contributed by atoms with Crippen LogP contribution < -0.4 is 5.32 Å². The van der Waals surface area contributed by atoms with Crippen LogP contribution in [0.2, 0.25) is 0 Å². The van der Waals surface area contributed by atoms with E-state index in [4.69, 9.17) is 0 Å². The SMILES string of the molecule is C=C(CCCc1cccc(C)c1)N=C(C)CC.CNCc1cccc(Cc2ccccc2)c1. The summed E-state index contributed by atoms with van der Waals surface area (Å²) in [7, 11) is 1.98. The van der Waals surface area contributed by atoms with Gasteiger partial charge in [-0.05, 0) is 75.3 Å². The van der Waals surface area contributed by atoms with Crippen LogP contribution in [0, 0.1) is 6.92 Å². The predicted molar refractivity (Wildman–Crippen MR) is 145 cm³/mol. The smallest absolute Gasteiger partial charge is 0.0331 e. The summed E-state index contributed by atoms with van der Waals surface area (Å²) in [4.78, 5) is 4.47. The maximum atomic E-state index is 4.47. The van der Waals surface area contributed by atoms with Gasteiger partial charge < -0.3 is 5.32 Å². The lowest BCUT2D eigenvalue weighted by atomic mass is 10.0. The van der Waals surface area contributed by atoms with Gasteiger partial charge in [-0.1, -0.05) is 97.9 Å². The lowest BCUT2D eigenvalue weighted by Gasteiger charge is -2.05. The molecule has 33 heavy (non-hydrogen) atoms. The van der Waals surface area contributed by atoms with Gasteiger partial charge >= 0.3 is 0 Å². The highest BCUT2D eigenvalue weighted by Crippen LogP contribution is 2.12. The van der Waals surface area contributed by atoms with Gasteiger partial charge in [0.05, 0.1) is 0 Å². The molecule has 0 amide bonds. The Morgan fingerprint density at radius 3 is 2.21 bits per heavy atom. The number of aliphatic imine (C=N–C) groups is 1. The van der Waals surface area contributed by atoms with Crippen LogP contribution >= 0.6 is 0 Å². The average molecular weight is 441 g/mol. The van der Waals surface area contributed by atoms with E-state index >= 15 is 0 Å². The summed E-state index contributed by atoms with van der Waals surface area (Å²) in [5.41, 5.74) is 9.01. The van der Waals surface area contributed by atoms with E-state index in [2.05, 4.69) is 117 Å². The maximum Gasteiger partial charge on any atom is 0.0331 e. The van der Waals surface area contributed by atoms with Crippen molar-refractivity contribution in [3.63, 3.8) is 0 Å². The van der Waals surface area contributed by atoms with Crippen LogP contribution in [0.15, 0.2) is 96.1 Å². The Balaban J connectivity index is 0.000000234. The first-order valence-corrected chi connectivity index (χ1v) is 12.0. The summed E-state index contributed by atoms with van der Waals surface area (Å²) in [6.45, 7) is 11.3. The first-order chi connectivity index (χ1) is 16.0. The molecule has 0 heterocycles. The Kier molecular flexibility index (Phi) is 11.9. The molecule has 3 aromatic carbocycles. The Morgan fingerprint density at radius 2 is 1.52 bits per heavy atom. The van der Waals surface area contributed by atoms with E-state index in [0.29, 0.717) is 0 Å². The highest BCUT2D eigenvalue weighted by atomic mass is 14.8. The highest BCUT2D eigenvalue weighted by molar-refractivity contribution is 5.82. The third-order valence-electron chi connectivity index (χ3n) is 5.50. The molecule has 0 saturated heterocycles. The average Bonchev–Trinajstić information content (AvgIpc) is 2.81. The van der Waals surface area contributed by atoms with Crippen LogP contribution in [0.4, 0.5) is 0 Å². The Hall–Kier alpha value is -2.97. The van der Waals surface area contributed by atoms with E-state index in [0.717, 1.165) is 44.3 Å². The molecule has 3 rings (SSSR count). The molecule has 0 aliphatic rings. The minimum absolute atomic E-state index is 0.933. The van der Waals surface area contributed by atoms with E-state index in [1.54, 1.807) is 0 Å². The molecular formula is C31H40N2. The number of allylic oxidation sites excluding steroid dienone is 1. The van der Waals surface area contributed by atoms with Crippen molar-refractivity contribution in [1.82, 2.24) is 5.32 Å². The molecule has 0 radical (unpaired) electrons. The highest BCUT2D eigenvalue weighted by Gasteiger charge is 1.98. The van der Waals surface area contributed by atoms with E-state index in [9.17, 15) is 0 Å². The van der Waals surface area contributed by atoms with Crippen LogP contribution in [0.3, 0.4) is 0 Å². The number of hydrogen-bond acceptors (Lipinski definition) is 2. The molecule has 2 heteroatoms. The number of nitrogens with zero attached hydrogens (tertiary/aromatic N) is 1. The Labute approximate surface area is 201 Å². The fourth-order valence-electron chi connectivity index (χ4n) is 3.65. The molecule has 0 saturated carbocycles. The monoisotopic (exact) mass is 440 g/mol. The van der Waals surface area contributed by atoms with E-state index in [-0.39, 0.29) is 0 Å². The molecule has 0 unspecified atom stereocenters. The van der Waals surface area contributed by atoms with Gasteiger partial charge in [-0.3, -0.25) is 4.99 Å². The zero-order valence-corrected chi connectivity index (χ0v) is 20.9. The second kappa shape index (κ2) is 15.0. The third kappa shape index (κ3) is 10.9. The molecule has 0 aromatic heterocycles. The summed E-state index contributed by atoms with van der Waals surface area (Å²) in [6, 6.07) is 28.0. The van der Waals surface area contributed by atoms with Crippen molar-refractivity contribution < 1.29 is 0 Å². The molecule has 0 atom stereocenters.